The highest BCUT2D eigenvalue weighted by Crippen LogP contribution is 2.28. The molecule has 0 fully saturated rings. The van der Waals surface area contributed by atoms with Crippen molar-refractivity contribution in [2.24, 2.45) is 0 Å². The Morgan fingerprint density at radius 3 is 1.95 bits per heavy atom. The fourth-order valence-electron chi connectivity index (χ4n) is 2.66. The van der Waals surface area contributed by atoms with Crippen molar-refractivity contribution in [3.8, 4) is 22.3 Å². The van der Waals surface area contributed by atoms with Crippen LogP contribution in [0.15, 0.2) is 66.7 Å². The van der Waals surface area contributed by atoms with Gasteiger partial charge in [-0.3, -0.25) is 0 Å². The molecule has 3 rings (SSSR count). The number of aryl methyl sites for hydroxylation is 1. The summed E-state index contributed by atoms with van der Waals surface area (Å²) in [6.45, 7) is 2.18. The molecule has 0 N–H and O–H groups in total. The molecule has 3 aromatic carbocycles. The highest BCUT2D eigenvalue weighted by molar-refractivity contribution is 7.27. The third-order valence-corrected chi connectivity index (χ3v) is 4.83. The molecule has 0 amide bonds. The first-order chi connectivity index (χ1) is 10.7. The summed E-state index contributed by atoms with van der Waals surface area (Å²) in [5.41, 5.74) is 7.81. The fraction of sp³-hybridized carbons (Fsp3) is 0.100. The lowest BCUT2D eigenvalue weighted by molar-refractivity contribution is 1.31. The van der Waals surface area contributed by atoms with E-state index >= 15 is 0 Å². The Morgan fingerprint density at radius 1 is 0.727 bits per heavy atom. The van der Waals surface area contributed by atoms with Gasteiger partial charge in [0.25, 0.3) is 0 Å². The zero-order valence-electron chi connectivity index (χ0n) is 12.7. The molecule has 0 aliphatic carbocycles. The SMILES string of the molecule is Cc1cc(-c2cccc(-c3ccc(P)cc3)c2)ccc1CP. The van der Waals surface area contributed by atoms with E-state index in [9.17, 15) is 0 Å². The number of benzene rings is 3. The average Bonchev–Trinajstić information content (AvgIpc) is 2.55. The summed E-state index contributed by atoms with van der Waals surface area (Å²) in [5.74, 6) is 0. The van der Waals surface area contributed by atoms with Gasteiger partial charge in [-0.05, 0) is 57.8 Å². The number of rotatable bonds is 3. The predicted molar refractivity (Wildman–Crippen MR) is 105 cm³/mol. The Balaban J connectivity index is 2.00. The van der Waals surface area contributed by atoms with Crippen LogP contribution in [-0.2, 0) is 6.16 Å². The van der Waals surface area contributed by atoms with Crippen LogP contribution in [0.1, 0.15) is 11.1 Å². The van der Waals surface area contributed by atoms with Gasteiger partial charge < -0.3 is 0 Å². The molecule has 0 saturated carbocycles. The minimum atomic E-state index is 1.01. The molecule has 110 valence electrons. The smallest absolute Gasteiger partial charge is 0.0126 e. The van der Waals surface area contributed by atoms with Crippen molar-refractivity contribution >= 4 is 23.8 Å². The van der Waals surface area contributed by atoms with Crippen molar-refractivity contribution < 1.29 is 0 Å². The average molecular weight is 322 g/mol. The van der Waals surface area contributed by atoms with Crippen LogP contribution in [0.5, 0.6) is 0 Å². The predicted octanol–water partition coefficient (Wildman–Crippen LogP) is 5.20. The van der Waals surface area contributed by atoms with Gasteiger partial charge in [0.15, 0.2) is 0 Å². The van der Waals surface area contributed by atoms with Gasteiger partial charge in [0.05, 0.1) is 0 Å². The molecule has 3 aromatic rings. The van der Waals surface area contributed by atoms with Crippen LogP contribution < -0.4 is 5.30 Å². The monoisotopic (exact) mass is 322 g/mol. The van der Waals surface area contributed by atoms with Crippen LogP contribution in [0.4, 0.5) is 0 Å². The van der Waals surface area contributed by atoms with E-state index in [1.165, 1.54) is 38.7 Å². The van der Waals surface area contributed by atoms with Crippen LogP contribution in [0, 0.1) is 6.92 Å². The van der Waals surface area contributed by atoms with Crippen LogP contribution in [0.3, 0.4) is 0 Å². The lowest BCUT2D eigenvalue weighted by Gasteiger charge is -2.09. The molecular weight excluding hydrogens is 302 g/mol. The van der Waals surface area contributed by atoms with Gasteiger partial charge in [0, 0.05) is 0 Å². The van der Waals surface area contributed by atoms with Gasteiger partial charge in [0.1, 0.15) is 0 Å². The van der Waals surface area contributed by atoms with E-state index in [0.29, 0.717) is 0 Å². The minimum Gasteiger partial charge on any atom is -0.133 e. The molecule has 0 bridgehead atoms. The molecule has 0 aliphatic heterocycles. The molecule has 2 unspecified atom stereocenters. The van der Waals surface area contributed by atoms with Crippen LogP contribution in [-0.4, -0.2) is 0 Å². The topological polar surface area (TPSA) is 0 Å². The van der Waals surface area contributed by atoms with E-state index in [2.05, 4.69) is 92.1 Å². The summed E-state index contributed by atoms with van der Waals surface area (Å²) in [6, 6.07) is 24.1. The maximum absolute atomic E-state index is 2.80. The second kappa shape index (κ2) is 6.74. The molecule has 0 aromatic heterocycles. The lowest BCUT2D eigenvalue weighted by atomic mass is 9.97. The van der Waals surface area contributed by atoms with E-state index in [1.807, 2.05) is 0 Å². The summed E-state index contributed by atoms with van der Waals surface area (Å²) in [7, 11) is 5.53. The second-order valence-corrected chi connectivity index (χ2v) is 6.62. The molecule has 0 heterocycles. The summed E-state index contributed by atoms with van der Waals surface area (Å²) < 4.78 is 0. The number of hydrogen-bond acceptors (Lipinski definition) is 0. The largest absolute Gasteiger partial charge is 0.133 e. The van der Waals surface area contributed by atoms with E-state index in [0.717, 1.165) is 6.16 Å². The minimum absolute atomic E-state index is 1.01. The molecule has 0 nitrogen and oxygen atoms in total. The molecule has 2 atom stereocenters. The standard InChI is InChI=1S/C20H20P2/c1-14-11-18(5-6-19(14)13-21)17-4-2-3-16(12-17)15-7-9-20(22)10-8-15/h2-12H,13,21-22H2,1H3. The lowest BCUT2D eigenvalue weighted by Crippen LogP contribution is -1.89. The Labute approximate surface area is 137 Å². The van der Waals surface area contributed by atoms with Crippen molar-refractivity contribution in [2.45, 2.75) is 13.1 Å². The summed E-state index contributed by atoms with van der Waals surface area (Å²) in [6.07, 6.45) is 1.01. The third-order valence-electron chi connectivity index (χ3n) is 4.00. The van der Waals surface area contributed by atoms with E-state index in [1.54, 1.807) is 0 Å². The first-order valence-corrected chi connectivity index (χ1v) is 8.83. The van der Waals surface area contributed by atoms with Crippen LogP contribution in [0.25, 0.3) is 22.3 Å². The van der Waals surface area contributed by atoms with Crippen molar-refractivity contribution in [3.05, 3.63) is 77.9 Å². The van der Waals surface area contributed by atoms with Crippen LogP contribution in [0.2, 0.25) is 0 Å². The highest BCUT2D eigenvalue weighted by Gasteiger charge is 2.04. The first kappa shape index (κ1) is 15.4. The molecule has 0 radical (unpaired) electrons. The van der Waals surface area contributed by atoms with E-state index in [-0.39, 0.29) is 0 Å². The Hall–Kier alpha value is -1.48. The van der Waals surface area contributed by atoms with E-state index < -0.39 is 0 Å². The van der Waals surface area contributed by atoms with Gasteiger partial charge in [-0.15, -0.1) is 18.5 Å². The molecular formula is C20H20P2. The van der Waals surface area contributed by atoms with Gasteiger partial charge >= 0.3 is 0 Å². The van der Waals surface area contributed by atoms with E-state index in [4.69, 9.17) is 0 Å². The van der Waals surface area contributed by atoms with Gasteiger partial charge in [-0.1, -0.05) is 60.7 Å². The second-order valence-electron chi connectivity index (χ2n) is 5.55. The van der Waals surface area contributed by atoms with Gasteiger partial charge in [0.2, 0.25) is 0 Å². The van der Waals surface area contributed by atoms with Crippen molar-refractivity contribution in [2.75, 3.05) is 0 Å². The Bertz CT molecular complexity index is 789. The maximum Gasteiger partial charge on any atom is -0.0126 e. The fourth-order valence-corrected chi connectivity index (χ4v) is 3.31. The third kappa shape index (κ3) is 3.30. The summed E-state index contributed by atoms with van der Waals surface area (Å²) in [4.78, 5) is 0. The molecule has 0 spiro atoms. The van der Waals surface area contributed by atoms with Crippen LogP contribution >= 0.6 is 18.5 Å². The quantitative estimate of drug-likeness (QED) is 0.581. The zero-order chi connectivity index (χ0) is 15.5. The summed E-state index contributed by atoms with van der Waals surface area (Å²) in [5, 5.41) is 1.21. The first-order valence-electron chi connectivity index (χ1n) is 7.43. The molecule has 22 heavy (non-hydrogen) atoms. The normalized spacial score (nSPS) is 10.7. The molecule has 2 heteroatoms. The van der Waals surface area contributed by atoms with Crippen molar-refractivity contribution in [1.82, 2.24) is 0 Å². The number of hydrogen-bond donors (Lipinski definition) is 0. The molecule has 0 saturated heterocycles. The molecule has 0 aliphatic rings. The van der Waals surface area contributed by atoms with Crippen molar-refractivity contribution in [3.63, 3.8) is 0 Å². The maximum atomic E-state index is 2.80. The summed E-state index contributed by atoms with van der Waals surface area (Å²) >= 11 is 0. The Morgan fingerprint density at radius 2 is 1.32 bits per heavy atom. The van der Waals surface area contributed by atoms with Gasteiger partial charge in [-0.2, -0.15) is 0 Å². The van der Waals surface area contributed by atoms with Gasteiger partial charge in [-0.25, -0.2) is 0 Å². The highest BCUT2D eigenvalue weighted by atomic mass is 31.0. The zero-order valence-corrected chi connectivity index (χ0v) is 15.0. The van der Waals surface area contributed by atoms with Crippen molar-refractivity contribution in [1.29, 1.82) is 0 Å². The Kier molecular flexibility index (Phi) is 4.72.